The van der Waals surface area contributed by atoms with E-state index in [9.17, 15) is 0 Å². The summed E-state index contributed by atoms with van der Waals surface area (Å²) in [5.41, 5.74) is 2.09. The fraction of sp³-hybridized carbons (Fsp3) is 0.526. The quantitative estimate of drug-likeness (QED) is 0.583. The normalized spacial score (nSPS) is 17.4. The molecule has 1 saturated heterocycles. The minimum Gasteiger partial charge on any atom is -0.361 e. The summed E-state index contributed by atoms with van der Waals surface area (Å²) in [6.07, 6.45) is 3.61. The summed E-state index contributed by atoms with van der Waals surface area (Å²) in [6.45, 7) is 9.26. The second kappa shape index (κ2) is 9.08. The van der Waals surface area contributed by atoms with E-state index in [-0.39, 0.29) is 0 Å². The number of rotatable bonds is 6. The van der Waals surface area contributed by atoms with Crippen molar-refractivity contribution in [3.63, 3.8) is 0 Å². The maximum Gasteiger partial charge on any atom is 0.191 e. The number of anilines is 1. The second-order valence-electron chi connectivity index (χ2n) is 6.70. The van der Waals surface area contributed by atoms with Gasteiger partial charge in [0.15, 0.2) is 5.96 Å². The van der Waals surface area contributed by atoms with Crippen LogP contribution in [0.4, 0.5) is 5.82 Å². The third-order valence-electron chi connectivity index (χ3n) is 4.72. The van der Waals surface area contributed by atoms with Crippen molar-refractivity contribution in [2.75, 3.05) is 31.1 Å². The third-order valence-corrected chi connectivity index (χ3v) is 5.02. The Labute approximate surface area is 165 Å². The van der Waals surface area contributed by atoms with Crippen LogP contribution in [0.1, 0.15) is 30.4 Å². The molecule has 0 spiro atoms. The van der Waals surface area contributed by atoms with Gasteiger partial charge in [-0.2, -0.15) is 0 Å². The highest BCUT2D eigenvalue weighted by Gasteiger charge is 2.25. The summed E-state index contributed by atoms with van der Waals surface area (Å²) < 4.78 is 5.22. The number of hydrogen-bond acceptors (Lipinski definition) is 5. The van der Waals surface area contributed by atoms with E-state index in [4.69, 9.17) is 21.1 Å². The van der Waals surface area contributed by atoms with Gasteiger partial charge in [-0.25, -0.2) is 4.98 Å². The highest BCUT2D eigenvalue weighted by atomic mass is 35.5. The van der Waals surface area contributed by atoms with Crippen LogP contribution in [0.3, 0.4) is 0 Å². The van der Waals surface area contributed by atoms with Crippen molar-refractivity contribution in [3.05, 3.63) is 40.4 Å². The van der Waals surface area contributed by atoms with Gasteiger partial charge in [-0.15, -0.1) is 0 Å². The Balaban J connectivity index is 1.57. The first-order chi connectivity index (χ1) is 13.1. The van der Waals surface area contributed by atoms with Crippen molar-refractivity contribution in [2.45, 2.75) is 39.7 Å². The Hall–Kier alpha value is -2.28. The maximum absolute atomic E-state index is 6.28. The summed E-state index contributed by atoms with van der Waals surface area (Å²) in [7, 11) is 0. The molecule has 7 nitrogen and oxygen atoms in total. The molecule has 2 aromatic rings. The first-order valence-electron chi connectivity index (χ1n) is 9.40. The average Bonchev–Trinajstić information content (AvgIpc) is 3.23. The Bertz CT molecular complexity index is 771. The average molecular weight is 391 g/mol. The fourth-order valence-corrected chi connectivity index (χ4v) is 3.57. The number of halogens is 1. The van der Waals surface area contributed by atoms with Crippen LogP contribution < -0.4 is 15.5 Å². The van der Waals surface area contributed by atoms with E-state index >= 15 is 0 Å². The number of aromatic nitrogens is 2. The summed E-state index contributed by atoms with van der Waals surface area (Å²) >= 11 is 6.28. The molecule has 2 N–H and O–H groups in total. The molecular formula is C19H27ClN6O. The molecule has 2 aromatic heterocycles. The molecule has 8 heteroatoms. The van der Waals surface area contributed by atoms with Crippen LogP contribution in [0, 0.1) is 13.8 Å². The number of hydrogen-bond donors (Lipinski definition) is 2. The van der Waals surface area contributed by atoms with E-state index in [1.807, 2.05) is 26.0 Å². The van der Waals surface area contributed by atoms with Gasteiger partial charge >= 0.3 is 0 Å². The Kier molecular flexibility index (Phi) is 6.55. The zero-order valence-corrected chi connectivity index (χ0v) is 16.9. The fourth-order valence-electron chi connectivity index (χ4n) is 3.33. The zero-order chi connectivity index (χ0) is 19.2. The van der Waals surface area contributed by atoms with Crippen molar-refractivity contribution < 1.29 is 4.52 Å². The lowest BCUT2D eigenvalue weighted by Gasteiger charge is -2.20. The zero-order valence-electron chi connectivity index (χ0n) is 16.1. The maximum atomic E-state index is 6.28. The van der Waals surface area contributed by atoms with Gasteiger partial charge in [0.2, 0.25) is 0 Å². The lowest BCUT2D eigenvalue weighted by molar-refractivity contribution is 0.392. The van der Waals surface area contributed by atoms with Crippen molar-refractivity contribution in [1.29, 1.82) is 0 Å². The second-order valence-corrected chi connectivity index (χ2v) is 7.11. The Morgan fingerprint density at radius 1 is 1.44 bits per heavy atom. The minimum absolute atomic E-state index is 0.305. The van der Waals surface area contributed by atoms with Gasteiger partial charge in [0.25, 0.3) is 0 Å². The minimum atomic E-state index is 0.305. The highest BCUT2D eigenvalue weighted by molar-refractivity contribution is 6.32. The van der Waals surface area contributed by atoms with Gasteiger partial charge in [-0.3, -0.25) is 4.99 Å². The van der Waals surface area contributed by atoms with Crippen molar-refractivity contribution in [3.8, 4) is 0 Å². The molecule has 1 unspecified atom stereocenters. The number of nitrogens with one attached hydrogen (secondary N) is 2. The van der Waals surface area contributed by atoms with Gasteiger partial charge in [-0.05, 0) is 45.7 Å². The molecule has 1 fully saturated rings. The number of aryl methyl sites for hydroxylation is 2. The molecule has 0 bridgehead atoms. The molecule has 0 aliphatic carbocycles. The van der Waals surface area contributed by atoms with Gasteiger partial charge in [0, 0.05) is 44.0 Å². The smallest absolute Gasteiger partial charge is 0.191 e. The SMILES string of the molecule is CCNC(=NCCc1c(C)noc1C)NC1CCN(c2ncccc2Cl)C1. The number of guanidine groups is 1. The molecule has 146 valence electrons. The molecule has 0 saturated carbocycles. The molecule has 3 heterocycles. The molecular weight excluding hydrogens is 364 g/mol. The molecule has 0 aromatic carbocycles. The summed E-state index contributed by atoms with van der Waals surface area (Å²) in [5, 5.41) is 11.6. The van der Waals surface area contributed by atoms with Gasteiger partial charge in [-0.1, -0.05) is 16.8 Å². The van der Waals surface area contributed by atoms with E-state index in [2.05, 4.69) is 32.6 Å². The highest BCUT2D eigenvalue weighted by Crippen LogP contribution is 2.25. The van der Waals surface area contributed by atoms with Crippen molar-refractivity contribution in [1.82, 2.24) is 20.8 Å². The third kappa shape index (κ3) is 4.91. The first-order valence-corrected chi connectivity index (χ1v) is 9.78. The molecule has 1 aliphatic rings. The largest absolute Gasteiger partial charge is 0.361 e. The van der Waals surface area contributed by atoms with Crippen molar-refractivity contribution in [2.24, 2.45) is 4.99 Å². The van der Waals surface area contributed by atoms with Crippen LogP contribution in [0.25, 0.3) is 0 Å². The molecule has 0 radical (unpaired) electrons. The van der Waals surface area contributed by atoms with Crippen molar-refractivity contribution >= 4 is 23.4 Å². The number of pyridine rings is 1. The Morgan fingerprint density at radius 2 is 2.30 bits per heavy atom. The summed E-state index contributed by atoms with van der Waals surface area (Å²) in [5.74, 6) is 2.56. The molecule has 1 atom stereocenters. The standard InChI is InChI=1S/C19H27ClN6O/c1-4-21-19(23-10-7-16-13(2)25-27-14(16)3)24-15-8-11-26(12-15)18-17(20)6-5-9-22-18/h5-6,9,15H,4,7-8,10-12H2,1-3H3,(H2,21,23,24). The topological polar surface area (TPSA) is 78.6 Å². The van der Waals surface area contributed by atoms with Crippen LogP contribution in [0.2, 0.25) is 5.02 Å². The van der Waals surface area contributed by atoms with Gasteiger partial charge in [0.05, 0.1) is 10.7 Å². The molecule has 3 rings (SSSR count). The predicted molar refractivity (Wildman–Crippen MR) is 109 cm³/mol. The van der Waals surface area contributed by atoms with E-state index in [1.54, 1.807) is 6.20 Å². The first kappa shape index (κ1) is 19.5. The molecule has 27 heavy (non-hydrogen) atoms. The van der Waals surface area contributed by atoms with Crippen LogP contribution >= 0.6 is 11.6 Å². The lowest BCUT2D eigenvalue weighted by Crippen LogP contribution is -2.44. The number of nitrogens with zero attached hydrogens (tertiary/aromatic N) is 4. The van der Waals surface area contributed by atoms with Crippen LogP contribution in [-0.2, 0) is 6.42 Å². The lowest BCUT2D eigenvalue weighted by atomic mass is 10.1. The van der Waals surface area contributed by atoms with E-state index in [1.165, 1.54) is 0 Å². The van der Waals surface area contributed by atoms with E-state index in [0.29, 0.717) is 17.6 Å². The summed E-state index contributed by atoms with van der Waals surface area (Å²) in [4.78, 5) is 11.3. The van der Waals surface area contributed by atoms with Crippen LogP contribution in [0.15, 0.2) is 27.8 Å². The van der Waals surface area contributed by atoms with E-state index in [0.717, 1.165) is 61.3 Å². The van der Waals surface area contributed by atoms with Gasteiger partial charge in [0.1, 0.15) is 11.6 Å². The number of aliphatic imine (C=N–C) groups is 1. The Morgan fingerprint density at radius 3 is 3.00 bits per heavy atom. The van der Waals surface area contributed by atoms with Crippen LogP contribution in [-0.4, -0.2) is 48.3 Å². The molecule has 0 amide bonds. The molecule has 1 aliphatic heterocycles. The monoisotopic (exact) mass is 390 g/mol. The van der Waals surface area contributed by atoms with E-state index < -0.39 is 0 Å². The predicted octanol–water partition coefficient (Wildman–Crippen LogP) is 2.72. The van der Waals surface area contributed by atoms with Gasteiger partial charge < -0.3 is 20.1 Å². The summed E-state index contributed by atoms with van der Waals surface area (Å²) in [6, 6.07) is 4.04. The van der Waals surface area contributed by atoms with Crippen LogP contribution in [0.5, 0.6) is 0 Å².